The molecule has 1 heterocycles. The van der Waals surface area contributed by atoms with Gasteiger partial charge in [0.1, 0.15) is 0 Å². The molecule has 0 aromatic carbocycles. The lowest BCUT2D eigenvalue weighted by Gasteiger charge is -2.40. The summed E-state index contributed by atoms with van der Waals surface area (Å²) in [6, 6.07) is 4.35. The lowest BCUT2D eigenvalue weighted by molar-refractivity contribution is 0.167. The van der Waals surface area contributed by atoms with Gasteiger partial charge < -0.3 is 0 Å². The molecule has 12 heavy (non-hydrogen) atoms. The van der Waals surface area contributed by atoms with Gasteiger partial charge in [-0.3, -0.25) is 0 Å². The molecule has 2 heteroatoms. The lowest BCUT2D eigenvalue weighted by Crippen LogP contribution is -2.33. The average Bonchev–Trinajstić information content (AvgIpc) is 2.49. The van der Waals surface area contributed by atoms with Crippen molar-refractivity contribution in [2.75, 3.05) is 5.88 Å². The van der Waals surface area contributed by atoms with E-state index in [0.717, 1.165) is 5.88 Å². The minimum Gasteiger partial charge on any atom is -0.149 e. The number of hydrogen-bond donors (Lipinski definition) is 0. The molecule has 0 aliphatic heterocycles. The van der Waals surface area contributed by atoms with E-state index in [4.69, 9.17) is 11.6 Å². The second-order valence-corrected chi connectivity index (χ2v) is 5.04. The zero-order valence-corrected chi connectivity index (χ0v) is 8.63. The molecule has 0 amide bonds. The van der Waals surface area contributed by atoms with Crippen molar-refractivity contribution >= 4 is 22.9 Å². The van der Waals surface area contributed by atoms with Gasteiger partial charge in [-0.05, 0) is 36.1 Å². The van der Waals surface area contributed by atoms with Crippen LogP contribution in [0, 0.1) is 5.41 Å². The van der Waals surface area contributed by atoms with Crippen LogP contribution in [-0.2, 0) is 6.42 Å². The van der Waals surface area contributed by atoms with E-state index >= 15 is 0 Å². The third kappa shape index (κ3) is 1.53. The van der Waals surface area contributed by atoms with E-state index < -0.39 is 0 Å². The van der Waals surface area contributed by atoms with E-state index in [0.29, 0.717) is 5.41 Å². The zero-order chi connectivity index (χ0) is 8.44. The predicted molar refractivity (Wildman–Crippen MR) is 55.0 cm³/mol. The van der Waals surface area contributed by atoms with Gasteiger partial charge in [-0.1, -0.05) is 12.5 Å². The molecule has 66 valence electrons. The Labute approximate surface area is 82.6 Å². The smallest absolute Gasteiger partial charge is 0.0283 e. The molecule has 0 radical (unpaired) electrons. The van der Waals surface area contributed by atoms with Crippen molar-refractivity contribution in [3.8, 4) is 0 Å². The summed E-state index contributed by atoms with van der Waals surface area (Å²) in [4.78, 5) is 1.50. The SMILES string of the molecule is ClCC1(Cc2cccs2)CCC1. The maximum Gasteiger partial charge on any atom is 0.0283 e. The molecule has 1 saturated carbocycles. The van der Waals surface area contributed by atoms with Gasteiger partial charge in [0, 0.05) is 10.8 Å². The summed E-state index contributed by atoms with van der Waals surface area (Å²) in [5, 5.41) is 2.15. The monoisotopic (exact) mass is 200 g/mol. The van der Waals surface area contributed by atoms with Gasteiger partial charge >= 0.3 is 0 Å². The molecule has 0 bridgehead atoms. The van der Waals surface area contributed by atoms with Gasteiger partial charge in [0.05, 0.1) is 0 Å². The lowest BCUT2D eigenvalue weighted by atomic mass is 9.68. The van der Waals surface area contributed by atoms with Crippen molar-refractivity contribution in [3.05, 3.63) is 22.4 Å². The first-order chi connectivity index (χ1) is 5.85. The van der Waals surface area contributed by atoms with E-state index in [1.165, 1.54) is 30.6 Å². The van der Waals surface area contributed by atoms with Crippen molar-refractivity contribution in [2.45, 2.75) is 25.7 Å². The van der Waals surface area contributed by atoms with Crippen LogP contribution >= 0.6 is 22.9 Å². The van der Waals surface area contributed by atoms with Gasteiger partial charge in [-0.15, -0.1) is 22.9 Å². The molecule has 0 saturated heterocycles. The highest BCUT2D eigenvalue weighted by Gasteiger charge is 2.36. The molecule has 0 nitrogen and oxygen atoms in total. The van der Waals surface area contributed by atoms with E-state index in [1.54, 1.807) is 0 Å². The van der Waals surface area contributed by atoms with Crippen molar-refractivity contribution in [3.63, 3.8) is 0 Å². The first-order valence-electron chi connectivity index (χ1n) is 4.43. The first-order valence-corrected chi connectivity index (χ1v) is 5.84. The highest BCUT2D eigenvalue weighted by molar-refractivity contribution is 7.09. The van der Waals surface area contributed by atoms with Crippen LogP contribution in [0.5, 0.6) is 0 Å². The minimum absolute atomic E-state index is 0.465. The number of thiophene rings is 1. The summed E-state index contributed by atoms with van der Waals surface area (Å²) >= 11 is 7.84. The first kappa shape index (κ1) is 8.58. The summed E-state index contributed by atoms with van der Waals surface area (Å²) in [5.74, 6) is 0.838. The summed E-state index contributed by atoms with van der Waals surface area (Å²) in [6.45, 7) is 0. The van der Waals surface area contributed by atoms with Gasteiger partial charge in [0.2, 0.25) is 0 Å². The molecule has 2 rings (SSSR count). The Morgan fingerprint density at radius 3 is 2.75 bits per heavy atom. The largest absolute Gasteiger partial charge is 0.149 e. The molecule has 0 spiro atoms. The fourth-order valence-corrected chi connectivity index (χ4v) is 3.06. The van der Waals surface area contributed by atoms with Gasteiger partial charge in [0.15, 0.2) is 0 Å². The third-order valence-electron chi connectivity index (χ3n) is 2.83. The van der Waals surface area contributed by atoms with Crippen LogP contribution < -0.4 is 0 Å². The van der Waals surface area contributed by atoms with Crippen LogP contribution in [0.1, 0.15) is 24.1 Å². The zero-order valence-electron chi connectivity index (χ0n) is 7.05. The molecule has 0 N–H and O–H groups in total. The Bertz CT molecular complexity index is 231. The van der Waals surface area contributed by atoms with Crippen LogP contribution in [0.15, 0.2) is 17.5 Å². The topological polar surface area (TPSA) is 0 Å². The highest BCUT2D eigenvalue weighted by atomic mass is 35.5. The van der Waals surface area contributed by atoms with Crippen molar-refractivity contribution in [1.82, 2.24) is 0 Å². The van der Waals surface area contributed by atoms with E-state index in [-0.39, 0.29) is 0 Å². The van der Waals surface area contributed by atoms with Gasteiger partial charge in [-0.2, -0.15) is 0 Å². The standard InChI is InChI=1S/C10H13ClS/c11-8-10(4-2-5-10)7-9-3-1-6-12-9/h1,3,6H,2,4-5,7-8H2. The van der Waals surface area contributed by atoms with Crippen molar-refractivity contribution in [2.24, 2.45) is 5.41 Å². The molecule has 1 aromatic rings. The summed E-state index contributed by atoms with van der Waals surface area (Å²) in [5.41, 5.74) is 0.465. The Balaban J connectivity index is 2.01. The molecule has 1 fully saturated rings. The number of halogens is 1. The van der Waals surface area contributed by atoms with Gasteiger partial charge in [-0.25, -0.2) is 0 Å². The second kappa shape index (κ2) is 3.39. The highest BCUT2D eigenvalue weighted by Crippen LogP contribution is 2.45. The summed E-state index contributed by atoms with van der Waals surface area (Å²) in [7, 11) is 0. The van der Waals surface area contributed by atoms with Crippen molar-refractivity contribution < 1.29 is 0 Å². The van der Waals surface area contributed by atoms with E-state index in [1.807, 2.05) is 11.3 Å². The van der Waals surface area contributed by atoms with Crippen LogP contribution in [0.4, 0.5) is 0 Å². The third-order valence-corrected chi connectivity index (χ3v) is 4.27. The molecule has 0 atom stereocenters. The molecular weight excluding hydrogens is 188 g/mol. The maximum absolute atomic E-state index is 5.98. The molecular formula is C10H13ClS. The quantitative estimate of drug-likeness (QED) is 0.653. The van der Waals surface area contributed by atoms with Crippen LogP contribution in [0.2, 0.25) is 0 Å². The Kier molecular flexibility index (Phi) is 2.42. The van der Waals surface area contributed by atoms with Crippen LogP contribution in [-0.4, -0.2) is 5.88 Å². The van der Waals surface area contributed by atoms with Gasteiger partial charge in [0.25, 0.3) is 0 Å². The fraction of sp³-hybridized carbons (Fsp3) is 0.600. The summed E-state index contributed by atoms with van der Waals surface area (Å²) in [6.07, 6.45) is 5.23. The maximum atomic E-state index is 5.98. The number of hydrogen-bond acceptors (Lipinski definition) is 1. The molecule has 1 aliphatic rings. The molecule has 1 aliphatic carbocycles. The van der Waals surface area contributed by atoms with E-state index in [9.17, 15) is 0 Å². The average molecular weight is 201 g/mol. The number of rotatable bonds is 3. The summed E-state index contributed by atoms with van der Waals surface area (Å²) < 4.78 is 0. The van der Waals surface area contributed by atoms with Crippen molar-refractivity contribution in [1.29, 1.82) is 0 Å². The number of alkyl halides is 1. The Hall–Kier alpha value is -0.0100. The molecule has 1 aromatic heterocycles. The minimum atomic E-state index is 0.465. The normalized spacial score (nSPS) is 20.4. The Morgan fingerprint density at radius 1 is 1.50 bits per heavy atom. The van der Waals surface area contributed by atoms with Crippen LogP contribution in [0.25, 0.3) is 0 Å². The second-order valence-electron chi connectivity index (χ2n) is 3.74. The fourth-order valence-electron chi connectivity index (χ4n) is 1.82. The molecule has 0 unspecified atom stereocenters. The Morgan fingerprint density at radius 2 is 2.33 bits per heavy atom. The predicted octanol–water partition coefficient (Wildman–Crippen LogP) is 3.70. The van der Waals surface area contributed by atoms with Crippen LogP contribution in [0.3, 0.4) is 0 Å². The van der Waals surface area contributed by atoms with E-state index in [2.05, 4.69) is 17.5 Å².